The predicted octanol–water partition coefficient (Wildman–Crippen LogP) is -2.25. The first-order chi connectivity index (χ1) is 13.0. The smallest absolute Gasteiger partial charge is 1.00 e. The van der Waals surface area contributed by atoms with E-state index in [4.69, 9.17) is 0 Å². The van der Waals surface area contributed by atoms with Crippen molar-refractivity contribution in [2.45, 2.75) is 32.5 Å². The molecule has 0 aromatic heterocycles. The van der Waals surface area contributed by atoms with E-state index in [1.165, 1.54) is 70.8 Å². The molecule has 4 rings (SSSR count). The third-order valence-electron chi connectivity index (χ3n) is 5.98. The molecule has 0 unspecified atom stereocenters. The van der Waals surface area contributed by atoms with Gasteiger partial charge in [0.05, 0.1) is 0 Å². The molecule has 2 aliphatic carbocycles. The number of allylic oxidation sites excluding steroid dienone is 4. The van der Waals surface area contributed by atoms with Crippen molar-refractivity contribution in [2.24, 2.45) is 0 Å². The minimum atomic E-state index is -1.66. The Labute approximate surface area is 201 Å². The van der Waals surface area contributed by atoms with Crippen LogP contribution in [0.25, 0.3) is 14.9 Å². The molecule has 5 heteroatoms. The molecule has 0 heterocycles. The molecule has 0 saturated carbocycles. The standard InChI is InChI=1S/C24H25OSi.2ClH.Zr/c1-4-17-12-13-20-19-9-6-5-8-18(19)16-22(20)24(17)21-10-7-11-23(21)26(2,3)15-14-25;;;/h4-9,11-13,25H,10,14-15H2,1-3H3;2*1H;/q;;;+2/p-2. The fourth-order valence-electron chi connectivity index (χ4n) is 4.53. The summed E-state index contributed by atoms with van der Waals surface area (Å²) in [5.41, 5.74) is 4.39. The normalized spacial score (nSPS) is 15.2. The van der Waals surface area contributed by atoms with Crippen LogP contribution < -0.4 is 35.3 Å². The first-order valence-electron chi connectivity index (χ1n) is 9.66. The van der Waals surface area contributed by atoms with E-state index in [1.807, 2.05) is 0 Å². The molecule has 29 heavy (non-hydrogen) atoms. The largest absolute Gasteiger partial charge is 1.00 e. The second-order valence-electron chi connectivity index (χ2n) is 8.02. The topological polar surface area (TPSA) is 20.2 Å². The van der Waals surface area contributed by atoms with E-state index < -0.39 is 8.07 Å². The number of hydrogen-bond acceptors (Lipinski definition) is 1. The van der Waals surface area contributed by atoms with Gasteiger partial charge in [0.1, 0.15) is 0 Å². The van der Waals surface area contributed by atoms with E-state index in [-0.39, 0.29) is 31.4 Å². The minimum absolute atomic E-state index is 0. The summed E-state index contributed by atoms with van der Waals surface area (Å²) in [7, 11) is -1.66. The van der Waals surface area contributed by atoms with E-state index in [9.17, 15) is 5.11 Å². The Kier molecular flexibility index (Phi) is 8.15. The molecule has 2 aromatic rings. The van der Waals surface area contributed by atoms with Crippen LogP contribution in [-0.4, -0.2) is 19.8 Å². The predicted molar refractivity (Wildman–Crippen MR) is 113 cm³/mol. The zero-order chi connectivity index (χ0) is 19.2. The van der Waals surface area contributed by atoms with Crippen LogP contribution in [-0.2, 0) is 24.7 Å². The molecule has 149 valence electrons. The fourth-order valence-corrected chi connectivity index (χ4v) is 8.14. The molecule has 0 amide bonds. The van der Waals surface area contributed by atoms with Crippen LogP contribution in [0.5, 0.6) is 0 Å². The summed E-state index contributed by atoms with van der Waals surface area (Å²) in [6.07, 6.45) is 7.93. The zero-order valence-corrected chi connectivity index (χ0v) is 22.0. The third-order valence-corrected chi connectivity index (χ3v) is 10.7. The van der Waals surface area contributed by atoms with Crippen molar-refractivity contribution in [2.75, 3.05) is 6.61 Å². The van der Waals surface area contributed by atoms with Crippen molar-refractivity contribution in [3.05, 3.63) is 85.7 Å². The maximum Gasteiger partial charge on any atom is -1.00 e. The monoisotopic (exact) mass is 517 g/mol. The van der Waals surface area contributed by atoms with Gasteiger partial charge in [-0.05, 0) is 0 Å². The third kappa shape index (κ3) is 4.10. The molecule has 0 aliphatic heterocycles. The van der Waals surface area contributed by atoms with Crippen molar-refractivity contribution >= 4 is 23.0 Å². The average molecular weight is 520 g/mol. The van der Waals surface area contributed by atoms with Crippen LogP contribution in [0.2, 0.25) is 19.1 Å². The van der Waals surface area contributed by atoms with Gasteiger partial charge in [0.2, 0.25) is 0 Å². The molecule has 0 bridgehead atoms. The first-order valence-corrected chi connectivity index (χ1v) is 14.1. The molecule has 1 nitrogen and oxygen atoms in total. The van der Waals surface area contributed by atoms with Gasteiger partial charge < -0.3 is 24.8 Å². The molecule has 0 atom stereocenters. The van der Waals surface area contributed by atoms with Gasteiger partial charge in [0, 0.05) is 0 Å². The first kappa shape index (κ1) is 24.6. The minimum Gasteiger partial charge on any atom is -1.00 e. The van der Waals surface area contributed by atoms with Gasteiger partial charge in [-0.15, -0.1) is 0 Å². The van der Waals surface area contributed by atoms with Gasteiger partial charge in [0.25, 0.3) is 0 Å². The van der Waals surface area contributed by atoms with Crippen LogP contribution in [0.3, 0.4) is 0 Å². The Morgan fingerprint density at radius 3 is 2.34 bits per heavy atom. The van der Waals surface area contributed by atoms with Crippen molar-refractivity contribution in [1.82, 2.24) is 0 Å². The summed E-state index contributed by atoms with van der Waals surface area (Å²) >= 11 is 1.47. The van der Waals surface area contributed by atoms with Crippen LogP contribution in [0.15, 0.2) is 53.7 Å². The summed E-state index contributed by atoms with van der Waals surface area (Å²) in [4.78, 5) is 0. The molecule has 1 N–H and O–H groups in total. The van der Waals surface area contributed by atoms with Gasteiger partial charge in [-0.25, -0.2) is 0 Å². The molecule has 0 saturated heterocycles. The number of halogens is 2. The second-order valence-corrected chi connectivity index (χ2v) is 14.1. The number of fused-ring (bicyclic) bond motifs is 2. The van der Waals surface area contributed by atoms with Crippen LogP contribution >= 0.6 is 0 Å². The quantitative estimate of drug-likeness (QED) is 0.453. The summed E-state index contributed by atoms with van der Waals surface area (Å²) < 4.78 is 1.48. The number of benzene rings is 2. The average Bonchev–Trinajstić information content (AvgIpc) is 3.26. The molecular formula is C24H25Cl2OSiZr. The summed E-state index contributed by atoms with van der Waals surface area (Å²) in [6.45, 7) is 7.22. The van der Waals surface area contributed by atoms with Gasteiger partial charge in [0.15, 0.2) is 0 Å². The molecule has 0 radical (unpaired) electrons. The summed E-state index contributed by atoms with van der Waals surface area (Å²) in [6, 6.07) is 14.4. The van der Waals surface area contributed by atoms with E-state index in [1.54, 1.807) is 0 Å². The molecule has 0 spiro atoms. The van der Waals surface area contributed by atoms with E-state index in [2.05, 4.69) is 74.6 Å². The van der Waals surface area contributed by atoms with Crippen molar-refractivity contribution in [1.29, 1.82) is 0 Å². The van der Waals surface area contributed by atoms with Gasteiger partial charge in [-0.2, -0.15) is 0 Å². The SMILES string of the molecule is CC=c1ccc2c(c1C1=C([Si](C)(C)CCO)C=CC1)[C]([Zr+2])=c1ccccc1=2.[Cl-].[Cl-]. The maximum absolute atomic E-state index is 9.62. The Morgan fingerprint density at radius 1 is 1.00 bits per heavy atom. The van der Waals surface area contributed by atoms with Crippen LogP contribution in [0, 0.1) is 10.4 Å². The summed E-state index contributed by atoms with van der Waals surface area (Å²) in [5, 5.41) is 16.6. The number of aliphatic hydroxyl groups is 1. The number of hydrogen-bond donors (Lipinski definition) is 1. The number of rotatable bonds is 4. The summed E-state index contributed by atoms with van der Waals surface area (Å²) in [5.74, 6) is 0. The van der Waals surface area contributed by atoms with E-state index in [0.29, 0.717) is 0 Å². The van der Waals surface area contributed by atoms with Gasteiger partial charge in [-0.1, -0.05) is 0 Å². The Hall–Kier alpha value is -0.700. The zero-order valence-electron chi connectivity index (χ0n) is 17.0. The van der Waals surface area contributed by atoms with Crippen molar-refractivity contribution in [3.8, 4) is 0 Å². The van der Waals surface area contributed by atoms with Crippen LogP contribution in [0.4, 0.5) is 0 Å². The van der Waals surface area contributed by atoms with Gasteiger partial charge in [-0.3, -0.25) is 0 Å². The molecule has 0 fully saturated rings. The van der Waals surface area contributed by atoms with Crippen molar-refractivity contribution < 1.29 is 54.6 Å². The van der Waals surface area contributed by atoms with Crippen LogP contribution in [0.1, 0.15) is 24.5 Å². The van der Waals surface area contributed by atoms with Gasteiger partial charge >= 0.3 is 178 Å². The molecule has 2 aromatic carbocycles. The molecule has 2 aliphatic rings. The second kappa shape index (κ2) is 9.62. The maximum atomic E-state index is 9.62. The van der Waals surface area contributed by atoms with E-state index in [0.717, 1.165) is 12.5 Å². The molecular weight excluding hydrogens is 494 g/mol. The Balaban J connectivity index is 0.00000150. The Bertz CT molecular complexity index is 1210. The van der Waals surface area contributed by atoms with E-state index >= 15 is 0 Å². The fraction of sp³-hybridized carbons (Fsp3) is 0.250. The van der Waals surface area contributed by atoms with Crippen molar-refractivity contribution in [3.63, 3.8) is 0 Å². The Morgan fingerprint density at radius 2 is 1.69 bits per heavy atom. The number of aliphatic hydroxyl groups excluding tert-OH is 1.